The van der Waals surface area contributed by atoms with Crippen LogP contribution in [0.5, 0.6) is 5.75 Å². The van der Waals surface area contributed by atoms with Crippen molar-refractivity contribution in [1.82, 2.24) is 4.90 Å². The van der Waals surface area contributed by atoms with Gasteiger partial charge in [0.05, 0.1) is 0 Å². The van der Waals surface area contributed by atoms with Crippen molar-refractivity contribution in [1.29, 1.82) is 0 Å². The number of aryl methyl sites for hydroxylation is 1. The molecule has 2 unspecified atom stereocenters. The summed E-state index contributed by atoms with van der Waals surface area (Å²) >= 11 is 0. The van der Waals surface area contributed by atoms with E-state index in [-0.39, 0.29) is 11.7 Å². The molecule has 1 aliphatic heterocycles. The van der Waals surface area contributed by atoms with Crippen molar-refractivity contribution >= 4 is 5.91 Å². The summed E-state index contributed by atoms with van der Waals surface area (Å²) in [5.74, 6) is 1.01. The first-order chi connectivity index (χ1) is 9.16. The smallest absolute Gasteiger partial charge is 0.254 e. The molecule has 2 aliphatic rings. The maximum absolute atomic E-state index is 12.6. The zero-order chi connectivity index (χ0) is 13.4. The van der Waals surface area contributed by atoms with E-state index in [0.717, 1.165) is 24.9 Å². The van der Waals surface area contributed by atoms with Crippen LogP contribution in [0.2, 0.25) is 0 Å². The highest BCUT2D eigenvalue weighted by Gasteiger charge is 2.38. The van der Waals surface area contributed by atoms with Crippen LogP contribution in [-0.2, 0) is 0 Å². The molecular formula is C16H21NO2. The molecule has 1 amide bonds. The molecule has 0 aromatic heterocycles. The average molecular weight is 259 g/mol. The zero-order valence-corrected chi connectivity index (χ0v) is 11.4. The van der Waals surface area contributed by atoms with Gasteiger partial charge in [0, 0.05) is 18.2 Å². The van der Waals surface area contributed by atoms with E-state index in [2.05, 4.69) is 0 Å². The van der Waals surface area contributed by atoms with Gasteiger partial charge in [0.15, 0.2) is 0 Å². The number of hydrogen-bond acceptors (Lipinski definition) is 2. The number of likely N-dealkylation sites (tertiary alicyclic amines) is 1. The van der Waals surface area contributed by atoms with Crippen molar-refractivity contribution in [2.24, 2.45) is 5.92 Å². The van der Waals surface area contributed by atoms with Gasteiger partial charge in [0.1, 0.15) is 5.75 Å². The highest BCUT2D eigenvalue weighted by atomic mass is 16.3. The lowest BCUT2D eigenvalue weighted by atomic mass is 9.85. The zero-order valence-electron chi connectivity index (χ0n) is 11.4. The number of amides is 1. The summed E-state index contributed by atoms with van der Waals surface area (Å²) in [6.45, 7) is 2.72. The first-order valence-corrected chi connectivity index (χ1v) is 7.27. The Morgan fingerprint density at radius 2 is 2.05 bits per heavy atom. The average Bonchev–Trinajstić information content (AvgIpc) is 2.85. The second-order valence-electron chi connectivity index (χ2n) is 5.90. The lowest BCUT2D eigenvalue weighted by Gasteiger charge is -2.31. The van der Waals surface area contributed by atoms with Gasteiger partial charge in [0.25, 0.3) is 5.91 Å². The predicted octanol–water partition coefficient (Wildman–Crippen LogP) is 3.11. The Bertz CT molecular complexity index is 498. The monoisotopic (exact) mass is 259 g/mol. The molecular weight excluding hydrogens is 238 g/mol. The number of aromatic hydroxyl groups is 1. The third-order valence-corrected chi connectivity index (χ3v) is 4.73. The Hall–Kier alpha value is -1.51. The minimum absolute atomic E-state index is 0.0877. The summed E-state index contributed by atoms with van der Waals surface area (Å²) in [6.07, 6.45) is 6.12. The Morgan fingerprint density at radius 3 is 2.84 bits per heavy atom. The van der Waals surface area contributed by atoms with Crippen LogP contribution < -0.4 is 0 Å². The normalized spacial score (nSPS) is 26.3. The quantitative estimate of drug-likeness (QED) is 0.842. The fourth-order valence-electron chi connectivity index (χ4n) is 3.57. The number of carbonyl (C=O) groups excluding carboxylic acids is 1. The number of benzene rings is 1. The lowest BCUT2D eigenvalue weighted by molar-refractivity contribution is 0.0689. The summed E-state index contributed by atoms with van der Waals surface area (Å²) in [5, 5.41) is 9.75. The van der Waals surface area contributed by atoms with Crippen LogP contribution in [0.25, 0.3) is 0 Å². The molecule has 1 aliphatic carbocycles. The number of phenolic OH excluding ortho intramolecular Hbond substituents is 1. The van der Waals surface area contributed by atoms with Gasteiger partial charge in [-0.25, -0.2) is 0 Å². The Kier molecular flexibility index (Phi) is 3.21. The lowest BCUT2D eigenvalue weighted by Crippen LogP contribution is -2.39. The molecule has 3 heteroatoms. The number of rotatable bonds is 1. The molecule has 1 heterocycles. The van der Waals surface area contributed by atoms with E-state index in [0.29, 0.717) is 17.5 Å². The fourth-order valence-corrected chi connectivity index (χ4v) is 3.57. The Labute approximate surface area is 114 Å². The summed E-state index contributed by atoms with van der Waals surface area (Å²) in [6, 6.07) is 5.68. The van der Waals surface area contributed by atoms with Gasteiger partial charge in [-0.1, -0.05) is 18.9 Å². The number of fused-ring (bicyclic) bond motifs is 1. The molecule has 3 rings (SSSR count). The molecule has 19 heavy (non-hydrogen) atoms. The largest absolute Gasteiger partial charge is 0.508 e. The summed E-state index contributed by atoms with van der Waals surface area (Å²) < 4.78 is 0. The number of phenols is 1. The molecule has 1 saturated heterocycles. The molecule has 2 atom stereocenters. The number of nitrogens with zero attached hydrogens (tertiary/aromatic N) is 1. The highest BCUT2D eigenvalue weighted by Crippen LogP contribution is 2.37. The van der Waals surface area contributed by atoms with Crippen LogP contribution >= 0.6 is 0 Å². The number of carbonyl (C=O) groups is 1. The van der Waals surface area contributed by atoms with Gasteiger partial charge < -0.3 is 10.0 Å². The van der Waals surface area contributed by atoms with Crippen molar-refractivity contribution in [3.63, 3.8) is 0 Å². The SMILES string of the molecule is Cc1ccc(C(=O)N2CCC3CCCCC32)cc1O. The third-order valence-electron chi connectivity index (χ3n) is 4.73. The van der Waals surface area contributed by atoms with Crippen LogP contribution in [-0.4, -0.2) is 28.5 Å². The number of hydrogen-bond donors (Lipinski definition) is 1. The van der Waals surface area contributed by atoms with E-state index in [1.165, 1.54) is 19.3 Å². The van der Waals surface area contributed by atoms with E-state index in [9.17, 15) is 9.90 Å². The maximum atomic E-state index is 12.6. The van der Waals surface area contributed by atoms with Gasteiger partial charge in [-0.3, -0.25) is 4.79 Å². The molecule has 2 fully saturated rings. The van der Waals surface area contributed by atoms with Crippen molar-refractivity contribution in [2.45, 2.75) is 45.1 Å². The Balaban J connectivity index is 1.81. The topological polar surface area (TPSA) is 40.5 Å². The minimum Gasteiger partial charge on any atom is -0.508 e. The minimum atomic E-state index is 0.0877. The standard InChI is InChI=1S/C16H21NO2/c1-11-6-7-13(10-15(11)18)16(19)17-9-8-12-4-2-3-5-14(12)17/h6-7,10,12,14,18H,2-5,8-9H2,1H3. The first kappa shape index (κ1) is 12.5. The van der Waals surface area contributed by atoms with E-state index in [1.807, 2.05) is 24.0 Å². The molecule has 0 radical (unpaired) electrons. The van der Waals surface area contributed by atoms with Crippen molar-refractivity contribution < 1.29 is 9.90 Å². The van der Waals surface area contributed by atoms with Crippen molar-refractivity contribution in [2.75, 3.05) is 6.54 Å². The van der Waals surface area contributed by atoms with Crippen LogP contribution in [0.4, 0.5) is 0 Å². The summed E-state index contributed by atoms with van der Waals surface area (Å²) in [4.78, 5) is 14.6. The van der Waals surface area contributed by atoms with E-state index in [1.54, 1.807) is 6.07 Å². The molecule has 0 bridgehead atoms. The van der Waals surface area contributed by atoms with E-state index < -0.39 is 0 Å². The fraction of sp³-hybridized carbons (Fsp3) is 0.562. The van der Waals surface area contributed by atoms with Gasteiger partial charge in [-0.15, -0.1) is 0 Å². The van der Waals surface area contributed by atoms with Gasteiger partial charge in [-0.05, 0) is 49.8 Å². The second kappa shape index (κ2) is 4.87. The molecule has 3 nitrogen and oxygen atoms in total. The van der Waals surface area contributed by atoms with E-state index in [4.69, 9.17) is 0 Å². The van der Waals surface area contributed by atoms with E-state index >= 15 is 0 Å². The van der Waals surface area contributed by atoms with Crippen LogP contribution in [0.1, 0.15) is 48.0 Å². The molecule has 102 valence electrons. The maximum Gasteiger partial charge on any atom is 0.254 e. The molecule has 1 saturated carbocycles. The van der Waals surface area contributed by atoms with Gasteiger partial charge in [0.2, 0.25) is 0 Å². The Morgan fingerprint density at radius 1 is 1.26 bits per heavy atom. The molecule has 1 aromatic rings. The highest BCUT2D eigenvalue weighted by molar-refractivity contribution is 5.95. The van der Waals surface area contributed by atoms with Crippen LogP contribution in [0.3, 0.4) is 0 Å². The molecule has 1 N–H and O–H groups in total. The van der Waals surface area contributed by atoms with Gasteiger partial charge >= 0.3 is 0 Å². The van der Waals surface area contributed by atoms with Gasteiger partial charge in [-0.2, -0.15) is 0 Å². The van der Waals surface area contributed by atoms with Crippen LogP contribution in [0.15, 0.2) is 18.2 Å². The molecule has 0 spiro atoms. The van der Waals surface area contributed by atoms with Crippen LogP contribution in [0, 0.1) is 12.8 Å². The van der Waals surface area contributed by atoms with Crippen molar-refractivity contribution in [3.8, 4) is 5.75 Å². The summed E-state index contributed by atoms with van der Waals surface area (Å²) in [5.41, 5.74) is 1.43. The second-order valence-corrected chi connectivity index (χ2v) is 5.90. The summed E-state index contributed by atoms with van der Waals surface area (Å²) in [7, 11) is 0. The first-order valence-electron chi connectivity index (χ1n) is 7.27. The molecule has 1 aromatic carbocycles. The van der Waals surface area contributed by atoms with Crippen molar-refractivity contribution in [3.05, 3.63) is 29.3 Å². The third kappa shape index (κ3) is 2.22. The predicted molar refractivity (Wildman–Crippen MR) is 74.2 cm³/mol.